The molecule has 0 fully saturated rings. The van der Waals surface area contributed by atoms with Gasteiger partial charge in [-0.2, -0.15) is 0 Å². The highest BCUT2D eigenvalue weighted by atomic mass is 35.7. The van der Waals surface area contributed by atoms with E-state index in [1.54, 1.807) is 12.1 Å². The Hall–Kier alpha value is -0.740. The molecule has 1 aromatic heterocycles. The summed E-state index contributed by atoms with van der Waals surface area (Å²) in [6.07, 6.45) is 1.45. The Bertz CT molecular complexity index is 363. The molecule has 1 heterocycles. The van der Waals surface area contributed by atoms with Gasteiger partial charge >= 0.3 is 0 Å². The van der Waals surface area contributed by atoms with E-state index in [9.17, 15) is 8.42 Å². The van der Waals surface area contributed by atoms with Crippen LogP contribution in [-0.4, -0.2) is 14.2 Å². The van der Waals surface area contributed by atoms with Crippen molar-refractivity contribution in [2.45, 2.75) is 0 Å². The summed E-state index contributed by atoms with van der Waals surface area (Å²) in [5.41, 5.74) is 0.356. The van der Waals surface area contributed by atoms with E-state index in [-0.39, 0.29) is 5.75 Å². The molecule has 5 heteroatoms. The van der Waals surface area contributed by atoms with Gasteiger partial charge in [0, 0.05) is 16.3 Å². The molecule has 0 saturated carbocycles. The number of halogens is 1. The molecule has 0 aliphatic rings. The van der Waals surface area contributed by atoms with E-state index in [0.29, 0.717) is 11.3 Å². The maximum absolute atomic E-state index is 10.6. The van der Waals surface area contributed by atoms with Crippen LogP contribution in [0.4, 0.5) is 0 Å². The Labute approximate surface area is 75.1 Å². The van der Waals surface area contributed by atoms with Crippen molar-refractivity contribution in [1.29, 1.82) is 0 Å². The molecule has 0 saturated heterocycles. The molecule has 0 radical (unpaired) electrons. The third kappa shape index (κ3) is 2.71. The van der Waals surface area contributed by atoms with Gasteiger partial charge in [0.2, 0.25) is 9.05 Å². The molecule has 0 aliphatic heterocycles. The summed E-state index contributed by atoms with van der Waals surface area (Å²) in [7, 11) is 1.48. The van der Waals surface area contributed by atoms with Gasteiger partial charge in [-0.3, -0.25) is 0 Å². The van der Waals surface area contributed by atoms with Crippen molar-refractivity contribution >= 4 is 25.3 Å². The number of hydrogen-bond acceptors (Lipinski definition) is 3. The minimum Gasteiger partial charge on any atom is -0.465 e. The lowest BCUT2D eigenvalue weighted by Crippen LogP contribution is -1.98. The van der Waals surface area contributed by atoms with Gasteiger partial charge in [-0.15, -0.1) is 0 Å². The topological polar surface area (TPSA) is 47.3 Å². The first-order chi connectivity index (χ1) is 5.49. The quantitative estimate of drug-likeness (QED) is 0.710. The first kappa shape index (κ1) is 9.35. The standard InChI is InChI=1S/C7H7ClO3S/c1-6(5-12(8,9)10)7-3-2-4-11-7/h2-4H,1,5H2. The van der Waals surface area contributed by atoms with Crippen LogP contribution < -0.4 is 0 Å². The van der Waals surface area contributed by atoms with Crippen molar-refractivity contribution in [2.75, 3.05) is 5.75 Å². The van der Waals surface area contributed by atoms with Crippen molar-refractivity contribution in [3.05, 3.63) is 30.7 Å². The normalized spacial score (nSPS) is 11.4. The smallest absolute Gasteiger partial charge is 0.236 e. The highest BCUT2D eigenvalue weighted by Gasteiger charge is 2.11. The second-order valence-corrected chi connectivity index (χ2v) is 5.04. The molecular weight excluding hydrogens is 200 g/mol. The van der Waals surface area contributed by atoms with Crippen LogP contribution in [0.15, 0.2) is 29.4 Å². The van der Waals surface area contributed by atoms with Crippen molar-refractivity contribution in [3.63, 3.8) is 0 Å². The van der Waals surface area contributed by atoms with Crippen molar-refractivity contribution in [1.82, 2.24) is 0 Å². The molecule has 0 aliphatic carbocycles. The van der Waals surface area contributed by atoms with Gasteiger partial charge in [-0.05, 0) is 12.1 Å². The minimum atomic E-state index is -3.54. The van der Waals surface area contributed by atoms with E-state index in [4.69, 9.17) is 15.1 Å². The van der Waals surface area contributed by atoms with Gasteiger partial charge in [0.25, 0.3) is 0 Å². The highest BCUT2D eigenvalue weighted by Crippen LogP contribution is 2.16. The Balaban J connectivity index is 2.76. The molecule has 0 aromatic carbocycles. The molecule has 0 bridgehead atoms. The molecule has 0 amide bonds. The molecular formula is C7H7ClO3S. The molecule has 3 nitrogen and oxygen atoms in total. The van der Waals surface area contributed by atoms with Gasteiger partial charge in [0.1, 0.15) is 5.76 Å². The summed E-state index contributed by atoms with van der Waals surface area (Å²) >= 11 is 0. The molecule has 0 spiro atoms. The number of hydrogen-bond donors (Lipinski definition) is 0. The Kier molecular flexibility index (Phi) is 2.59. The van der Waals surface area contributed by atoms with Crippen LogP contribution in [0.3, 0.4) is 0 Å². The SMILES string of the molecule is C=C(CS(=O)(=O)Cl)c1ccco1. The van der Waals surface area contributed by atoms with Crippen LogP contribution in [0, 0.1) is 0 Å². The Morgan fingerprint density at radius 1 is 1.67 bits per heavy atom. The zero-order valence-corrected chi connectivity index (χ0v) is 7.73. The second-order valence-electron chi connectivity index (χ2n) is 2.26. The molecule has 0 unspecified atom stereocenters. The average Bonchev–Trinajstić information content (AvgIpc) is 2.32. The first-order valence-electron chi connectivity index (χ1n) is 3.13. The van der Waals surface area contributed by atoms with Gasteiger partial charge in [0.05, 0.1) is 12.0 Å². The van der Waals surface area contributed by atoms with Crippen molar-refractivity contribution in [2.24, 2.45) is 0 Å². The fourth-order valence-electron chi connectivity index (χ4n) is 0.759. The molecule has 1 rings (SSSR count). The van der Waals surface area contributed by atoms with E-state index in [2.05, 4.69) is 6.58 Å². The van der Waals surface area contributed by atoms with Crippen LogP contribution in [-0.2, 0) is 9.05 Å². The average molecular weight is 207 g/mol. The Morgan fingerprint density at radius 3 is 2.75 bits per heavy atom. The van der Waals surface area contributed by atoms with Gasteiger partial charge in [-0.1, -0.05) is 6.58 Å². The fraction of sp³-hybridized carbons (Fsp3) is 0.143. The molecule has 12 heavy (non-hydrogen) atoms. The summed E-state index contributed by atoms with van der Waals surface area (Å²) in [5, 5.41) is 0. The van der Waals surface area contributed by atoms with Crippen LogP contribution in [0.1, 0.15) is 5.76 Å². The van der Waals surface area contributed by atoms with Crippen molar-refractivity contribution in [3.8, 4) is 0 Å². The van der Waals surface area contributed by atoms with Crippen LogP contribution in [0.2, 0.25) is 0 Å². The van der Waals surface area contributed by atoms with E-state index in [0.717, 1.165) is 0 Å². The summed E-state index contributed by atoms with van der Waals surface area (Å²) in [6, 6.07) is 3.28. The van der Waals surface area contributed by atoms with Gasteiger partial charge < -0.3 is 4.42 Å². The lowest BCUT2D eigenvalue weighted by molar-refractivity contribution is 0.552. The lowest BCUT2D eigenvalue weighted by Gasteiger charge is -1.96. The maximum Gasteiger partial charge on any atom is 0.236 e. The molecule has 1 aromatic rings. The zero-order chi connectivity index (χ0) is 9.19. The monoisotopic (exact) mass is 206 g/mol. The minimum absolute atomic E-state index is 0.290. The zero-order valence-electron chi connectivity index (χ0n) is 6.16. The summed E-state index contributed by atoms with van der Waals surface area (Å²) in [4.78, 5) is 0. The maximum atomic E-state index is 10.6. The predicted octanol–water partition coefficient (Wildman–Crippen LogP) is 1.86. The van der Waals surface area contributed by atoms with Crippen LogP contribution in [0.5, 0.6) is 0 Å². The van der Waals surface area contributed by atoms with E-state index < -0.39 is 9.05 Å². The number of rotatable bonds is 3. The summed E-state index contributed by atoms with van der Waals surface area (Å²) < 4.78 is 26.1. The van der Waals surface area contributed by atoms with Crippen LogP contribution in [0.25, 0.3) is 5.57 Å². The first-order valence-corrected chi connectivity index (χ1v) is 5.61. The third-order valence-corrected chi connectivity index (χ3v) is 2.24. The molecule has 0 atom stereocenters. The van der Waals surface area contributed by atoms with E-state index >= 15 is 0 Å². The van der Waals surface area contributed by atoms with E-state index in [1.807, 2.05) is 0 Å². The highest BCUT2D eigenvalue weighted by molar-refractivity contribution is 8.14. The second kappa shape index (κ2) is 3.33. The largest absolute Gasteiger partial charge is 0.465 e. The molecule has 0 N–H and O–H groups in total. The molecule has 66 valence electrons. The summed E-state index contributed by atoms with van der Waals surface area (Å²) in [5.74, 6) is 0.154. The van der Waals surface area contributed by atoms with Gasteiger partial charge in [-0.25, -0.2) is 8.42 Å². The van der Waals surface area contributed by atoms with Crippen LogP contribution >= 0.6 is 10.7 Å². The predicted molar refractivity (Wildman–Crippen MR) is 47.4 cm³/mol. The third-order valence-electron chi connectivity index (χ3n) is 1.22. The van der Waals surface area contributed by atoms with Crippen molar-refractivity contribution < 1.29 is 12.8 Å². The number of furan rings is 1. The van der Waals surface area contributed by atoms with Gasteiger partial charge in [0.15, 0.2) is 0 Å². The lowest BCUT2D eigenvalue weighted by atomic mass is 10.3. The fourth-order valence-corrected chi connectivity index (χ4v) is 1.71. The van der Waals surface area contributed by atoms with E-state index in [1.165, 1.54) is 6.26 Å². The Morgan fingerprint density at radius 2 is 2.33 bits per heavy atom. The summed E-state index contributed by atoms with van der Waals surface area (Å²) in [6.45, 7) is 3.53.